The number of aromatic nitrogens is 3. The first-order valence-electron chi connectivity index (χ1n) is 5.79. The molecule has 1 fully saturated rings. The molecule has 0 amide bonds. The fourth-order valence-corrected chi connectivity index (χ4v) is 2.42. The molecule has 0 atom stereocenters. The lowest BCUT2D eigenvalue weighted by Gasteiger charge is -2.26. The fourth-order valence-electron chi connectivity index (χ4n) is 2.42. The normalized spacial score (nSPS) is 21.3. The Morgan fingerprint density at radius 3 is 2.20 bits per heavy atom. The summed E-state index contributed by atoms with van der Waals surface area (Å²) >= 11 is 0. The lowest BCUT2D eigenvalue weighted by atomic mass is 9.90. The van der Waals surface area contributed by atoms with Crippen LogP contribution in [-0.2, 0) is 12.6 Å². The summed E-state index contributed by atoms with van der Waals surface area (Å²) in [5.41, 5.74) is 6.23. The van der Waals surface area contributed by atoms with Crippen LogP contribution < -0.4 is 5.73 Å². The maximum atomic E-state index is 6.47. The van der Waals surface area contributed by atoms with Crippen LogP contribution in [0.15, 0.2) is 0 Å². The first kappa shape index (κ1) is 10.6. The number of hydrogen-bond donors (Lipinski definition) is 1. The monoisotopic (exact) mass is 208 g/mol. The van der Waals surface area contributed by atoms with E-state index in [1.54, 1.807) is 0 Å². The summed E-state index contributed by atoms with van der Waals surface area (Å²) < 4.78 is 2.03. The first-order valence-corrected chi connectivity index (χ1v) is 5.79. The molecule has 84 valence electrons. The lowest BCUT2D eigenvalue weighted by Crippen LogP contribution is -2.38. The molecule has 15 heavy (non-hydrogen) atoms. The van der Waals surface area contributed by atoms with Gasteiger partial charge in [0.15, 0.2) is 5.82 Å². The highest BCUT2D eigenvalue weighted by molar-refractivity contribution is 5.08. The summed E-state index contributed by atoms with van der Waals surface area (Å²) in [6.45, 7) is 1.97. The SMILES string of the molecule is Cc1nnc(C2(N)CCCCCC2)n1C. The number of hydrogen-bond acceptors (Lipinski definition) is 3. The second-order valence-corrected chi connectivity index (χ2v) is 4.70. The van der Waals surface area contributed by atoms with Gasteiger partial charge in [-0.25, -0.2) is 0 Å². The van der Waals surface area contributed by atoms with E-state index in [0.717, 1.165) is 24.5 Å². The number of aryl methyl sites for hydroxylation is 1. The Hall–Kier alpha value is -0.900. The predicted molar refractivity (Wildman–Crippen MR) is 59.3 cm³/mol. The van der Waals surface area contributed by atoms with Crippen LogP contribution >= 0.6 is 0 Å². The smallest absolute Gasteiger partial charge is 0.152 e. The first-order chi connectivity index (χ1) is 7.13. The molecule has 2 N–H and O–H groups in total. The molecule has 1 aromatic rings. The summed E-state index contributed by atoms with van der Waals surface area (Å²) in [5, 5.41) is 8.34. The van der Waals surface area contributed by atoms with Crippen molar-refractivity contribution in [2.75, 3.05) is 0 Å². The van der Waals surface area contributed by atoms with Gasteiger partial charge < -0.3 is 10.3 Å². The molecule has 4 nitrogen and oxygen atoms in total. The molecule has 0 unspecified atom stereocenters. The van der Waals surface area contributed by atoms with Gasteiger partial charge >= 0.3 is 0 Å². The van der Waals surface area contributed by atoms with Crippen molar-refractivity contribution in [1.29, 1.82) is 0 Å². The van der Waals surface area contributed by atoms with Gasteiger partial charge in [0.05, 0.1) is 5.54 Å². The molecule has 1 aromatic heterocycles. The van der Waals surface area contributed by atoms with Gasteiger partial charge in [0.2, 0.25) is 0 Å². The molecule has 1 heterocycles. The molecule has 0 saturated heterocycles. The van der Waals surface area contributed by atoms with Gasteiger partial charge in [-0.05, 0) is 19.8 Å². The highest BCUT2D eigenvalue weighted by Gasteiger charge is 2.32. The Balaban J connectivity index is 2.30. The van der Waals surface area contributed by atoms with Crippen LogP contribution in [0.5, 0.6) is 0 Å². The Labute approximate surface area is 90.9 Å². The molecule has 1 saturated carbocycles. The molecular formula is C11H20N4. The van der Waals surface area contributed by atoms with Crippen molar-refractivity contribution in [3.05, 3.63) is 11.6 Å². The molecule has 2 rings (SSSR count). The van der Waals surface area contributed by atoms with E-state index in [4.69, 9.17) is 5.73 Å². The quantitative estimate of drug-likeness (QED) is 0.714. The zero-order valence-corrected chi connectivity index (χ0v) is 9.66. The minimum atomic E-state index is -0.244. The third kappa shape index (κ3) is 1.91. The van der Waals surface area contributed by atoms with Crippen LogP contribution in [-0.4, -0.2) is 14.8 Å². The van der Waals surface area contributed by atoms with Crippen LogP contribution in [0, 0.1) is 6.92 Å². The number of rotatable bonds is 1. The molecule has 0 aromatic carbocycles. The Kier molecular flexibility index (Phi) is 2.78. The molecular weight excluding hydrogens is 188 g/mol. The lowest BCUT2D eigenvalue weighted by molar-refractivity contribution is 0.351. The van der Waals surface area contributed by atoms with Crippen LogP contribution in [0.3, 0.4) is 0 Å². The van der Waals surface area contributed by atoms with Crippen molar-refractivity contribution in [3.63, 3.8) is 0 Å². The maximum Gasteiger partial charge on any atom is 0.152 e. The van der Waals surface area contributed by atoms with Gasteiger partial charge in [-0.15, -0.1) is 10.2 Å². The summed E-state index contributed by atoms with van der Waals surface area (Å²) in [4.78, 5) is 0. The summed E-state index contributed by atoms with van der Waals surface area (Å²) in [6.07, 6.45) is 7.11. The van der Waals surface area contributed by atoms with Crippen LogP contribution in [0.4, 0.5) is 0 Å². The largest absolute Gasteiger partial charge is 0.319 e. The van der Waals surface area contributed by atoms with Crippen molar-refractivity contribution >= 4 is 0 Å². The topological polar surface area (TPSA) is 56.7 Å². The van der Waals surface area contributed by atoms with Crippen molar-refractivity contribution < 1.29 is 0 Å². The average Bonchev–Trinajstić information content (AvgIpc) is 2.43. The van der Waals surface area contributed by atoms with E-state index >= 15 is 0 Å². The zero-order valence-electron chi connectivity index (χ0n) is 9.66. The summed E-state index contributed by atoms with van der Waals surface area (Å²) in [7, 11) is 2.00. The van der Waals surface area contributed by atoms with Crippen molar-refractivity contribution in [3.8, 4) is 0 Å². The van der Waals surface area contributed by atoms with E-state index in [2.05, 4.69) is 10.2 Å². The van der Waals surface area contributed by atoms with E-state index < -0.39 is 0 Å². The summed E-state index contributed by atoms with van der Waals surface area (Å²) in [6, 6.07) is 0. The Morgan fingerprint density at radius 2 is 1.73 bits per heavy atom. The van der Waals surface area contributed by atoms with Gasteiger partial charge in [0, 0.05) is 7.05 Å². The number of nitrogens with two attached hydrogens (primary N) is 1. The molecule has 4 heteroatoms. The highest BCUT2D eigenvalue weighted by atomic mass is 15.3. The van der Waals surface area contributed by atoms with Crippen molar-refractivity contribution in [2.45, 2.75) is 51.0 Å². The average molecular weight is 208 g/mol. The van der Waals surface area contributed by atoms with Crippen LogP contribution in [0.25, 0.3) is 0 Å². The standard InChI is InChI=1S/C11H20N4/c1-9-13-14-10(15(9)2)11(12)7-5-3-4-6-8-11/h3-8,12H2,1-2H3. The van der Waals surface area contributed by atoms with E-state index in [0.29, 0.717) is 0 Å². The molecule has 1 aliphatic rings. The van der Waals surface area contributed by atoms with Gasteiger partial charge in [-0.3, -0.25) is 0 Å². The fraction of sp³-hybridized carbons (Fsp3) is 0.818. The highest BCUT2D eigenvalue weighted by Crippen LogP contribution is 2.32. The van der Waals surface area contributed by atoms with Crippen molar-refractivity contribution in [1.82, 2.24) is 14.8 Å². The van der Waals surface area contributed by atoms with Crippen molar-refractivity contribution in [2.24, 2.45) is 12.8 Å². The predicted octanol–water partition coefficient (Wildman–Crippen LogP) is 1.63. The molecule has 0 radical (unpaired) electrons. The second-order valence-electron chi connectivity index (χ2n) is 4.70. The molecule has 1 aliphatic carbocycles. The Bertz CT molecular complexity index is 334. The third-order valence-electron chi connectivity index (χ3n) is 3.53. The zero-order chi connectivity index (χ0) is 10.9. The molecule has 0 spiro atoms. The number of nitrogens with zero attached hydrogens (tertiary/aromatic N) is 3. The minimum Gasteiger partial charge on any atom is -0.319 e. The second kappa shape index (κ2) is 3.93. The summed E-state index contributed by atoms with van der Waals surface area (Å²) in [5.74, 6) is 1.90. The van der Waals surface area contributed by atoms with E-state index in [-0.39, 0.29) is 5.54 Å². The Morgan fingerprint density at radius 1 is 1.13 bits per heavy atom. The van der Waals surface area contributed by atoms with E-state index in [9.17, 15) is 0 Å². The maximum absolute atomic E-state index is 6.47. The minimum absolute atomic E-state index is 0.244. The van der Waals surface area contributed by atoms with E-state index in [1.807, 2.05) is 18.5 Å². The van der Waals surface area contributed by atoms with Gasteiger partial charge in [-0.1, -0.05) is 25.7 Å². The van der Waals surface area contributed by atoms with Gasteiger partial charge in [0.25, 0.3) is 0 Å². The van der Waals surface area contributed by atoms with Gasteiger partial charge in [0.1, 0.15) is 5.82 Å². The van der Waals surface area contributed by atoms with E-state index in [1.165, 1.54) is 25.7 Å². The third-order valence-corrected chi connectivity index (χ3v) is 3.53. The van der Waals surface area contributed by atoms with Crippen LogP contribution in [0.2, 0.25) is 0 Å². The molecule has 0 aliphatic heterocycles. The van der Waals surface area contributed by atoms with Crippen LogP contribution in [0.1, 0.15) is 50.2 Å². The van der Waals surface area contributed by atoms with Gasteiger partial charge in [-0.2, -0.15) is 0 Å². The molecule has 0 bridgehead atoms.